The van der Waals surface area contributed by atoms with Gasteiger partial charge in [-0.3, -0.25) is 0 Å². The number of nitrogens with zero attached hydrogens (tertiary/aromatic N) is 2. The van der Waals surface area contributed by atoms with E-state index in [9.17, 15) is 0 Å². The first-order valence-electron chi connectivity index (χ1n) is 8.52. The molecule has 0 saturated heterocycles. The van der Waals surface area contributed by atoms with Crippen LogP contribution in [0.3, 0.4) is 0 Å². The number of fused-ring (bicyclic) bond motifs is 1. The van der Waals surface area contributed by atoms with Crippen molar-refractivity contribution in [2.45, 2.75) is 64.8 Å². The molecule has 0 amide bonds. The number of nitrogen functional groups attached to an aromatic ring is 1. The van der Waals surface area contributed by atoms with Crippen LogP contribution in [0, 0.1) is 5.92 Å². The number of hydrogen-bond donors (Lipinski definition) is 1. The van der Waals surface area contributed by atoms with Crippen molar-refractivity contribution in [3.05, 3.63) is 24.0 Å². The Balaban J connectivity index is 1.82. The summed E-state index contributed by atoms with van der Waals surface area (Å²) in [5.74, 6) is 2.15. The van der Waals surface area contributed by atoms with E-state index < -0.39 is 0 Å². The van der Waals surface area contributed by atoms with Crippen LogP contribution < -0.4 is 5.73 Å². The molecule has 1 aromatic carbocycles. The van der Waals surface area contributed by atoms with Crippen molar-refractivity contribution in [1.29, 1.82) is 0 Å². The molecule has 1 fully saturated rings. The molecular formula is C18H27N3. The van der Waals surface area contributed by atoms with Gasteiger partial charge in [-0.15, -0.1) is 0 Å². The smallest absolute Gasteiger partial charge is 0.109 e. The number of benzene rings is 1. The molecule has 3 rings (SSSR count). The molecule has 1 aliphatic carbocycles. The molecule has 0 radical (unpaired) electrons. The minimum atomic E-state index is 0.808. The Morgan fingerprint density at radius 2 is 2.05 bits per heavy atom. The maximum Gasteiger partial charge on any atom is 0.109 e. The van der Waals surface area contributed by atoms with Gasteiger partial charge in [-0.2, -0.15) is 0 Å². The summed E-state index contributed by atoms with van der Waals surface area (Å²) in [5, 5.41) is 0. The van der Waals surface area contributed by atoms with Gasteiger partial charge < -0.3 is 10.3 Å². The molecule has 0 unspecified atom stereocenters. The zero-order chi connectivity index (χ0) is 14.7. The zero-order valence-electron chi connectivity index (χ0n) is 13.1. The highest BCUT2D eigenvalue weighted by atomic mass is 15.1. The fourth-order valence-electron chi connectivity index (χ4n) is 3.65. The van der Waals surface area contributed by atoms with E-state index in [4.69, 9.17) is 10.7 Å². The monoisotopic (exact) mass is 285 g/mol. The second kappa shape index (κ2) is 6.50. The molecule has 21 heavy (non-hydrogen) atoms. The van der Waals surface area contributed by atoms with Crippen LogP contribution >= 0.6 is 0 Å². The molecule has 2 N–H and O–H groups in total. The van der Waals surface area contributed by atoms with Crippen LogP contribution in [-0.2, 0) is 13.0 Å². The third-order valence-electron chi connectivity index (χ3n) is 4.81. The Hall–Kier alpha value is -1.51. The van der Waals surface area contributed by atoms with Crippen molar-refractivity contribution in [1.82, 2.24) is 9.55 Å². The molecule has 0 aliphatic heterocycles. The van der Waals surface area contributed by atoms with E-state index in [0.29, 0.717) is 0 Å². The maximum atomic E-state index is 5.90. The summed E-state index contributed by atoms with van der Waals surface area (Å²) in [6.07, 6.45) is 10.6. The van der Waals surface area contributed by atoms with Gasteiger partial charge in [0.05, 0.1) is 11.0 Å². The van der Waals surface area contributed by atoms with Crippen molar-refractivity contribution < 1.29 is 0 Å². The molecule has 0 atom stereocenters. The van der Waals surface area contributed by atoms with Crippen LogP contribution in [-0.4, -0.2) is 9.55 Å². The highest BCUT2D eigenvalue weighted by Crippen LogP contribution is 2.28. The van der Waals surface area contributed by atoms with Gasteiger partial charge in [-0.25, -0.2) is 4.98 Å². The third kappa shape index (κ3) is 3.22. The average Bonchev–Trinajstić information content (AvgIpc) is 2.83. The van der Waals surface area contributed by atoms with E-state index in [1.54, 1.807) is 0 Å². The van der Waals surface area contributed by atoms with Crippen LogP contribution in [0.2, 0.25) is 0 Å². The van der Waals surface area contributed by atoms with Crippen molar-refractivity contribution in [2.24, 2.45) is 5.92 Å². The summed E-state index contributed by atoms with van der Waals surface area (Å²) >= 11 is 0. The molecule has 1 aromatic heterocycles. The van der Waals surface area contributed by atoms with E-state index in [0.717, 1.165) is 36.5 Å². The Labute approximate surface area is 127 Å². The number of anilines is 1. The lowest BCUT2D eigenvalue weighted by atomic mass is 9.87. The quantitative estimate of drug-likeness (QED) is 0.819. The van der Waals surface area contributed by atoms with Crippen LogP contribution in [0.25, 0.3) is 11.0 Å². The van der Waals surface area contributed by atoms with Crippen LogP contribution in [0.15, 0.2) is 18.2 Å². The second-order valence-corrected chi connectivity index (χ2v) is 6.47. The minimum absolute atomic E-state index is 0.808. The Morgan fingerprint density at radius 1 is 1.24 bits per heavy atom. The first-order valence-corrected chi connectivity index (χ1v) is 8.52. The van der Waals surface area contributed by atoms with Gasteiger partial charge in [0.2, 0.25) is 0 Å². The highest BCUT2D eigenvalue weighted by molar-refractivity contribution is 5.79. The Kier molecular flexibility index (Phi) is 4.47. The van der Waals surface area contributed by atoms with Gasteiger partial charge in [0.1, 0.15) is 5.82 Å². The number of aryl methyl sites for hydroxylation is 2. The molecule has 1 heterocycles. The molecule has 3 nitrogen and oxygen atoms in total. The van der Waals surface area contributed by atoms with Gasteiger partial charge in [0.15, 0.2) is 0 Å². The summed E-state index contributed by atoms with van der Waals surface area (Å²) in [5.41, 5.74) is 9.02. The van der Waals surface area contributed by atoms with Crippen LogP contribution in [0.1, 0.15) is 57.7 Å². The first kappa shape index (κ1) is 14.4. The maximum absolute atomic E-state index is 5.90. The SMILES string of the molecule is CCCc1nc2cc(N)ccc2n1CCC1CCCCC1. The number of imidazole rings is 1. The van der Waals surface area contributed by atoms with Gasteiger partial charge >= 0.3 is 0 Å². The van der Waals surface area contributed by atoms with Gasteiger partial charge in [-0.1, -0.05) is 39.0 Å². The van der Waals surface area contributed by atoms with E-state index >= 15 is 0 Å². The van der Waals surface area contributed by atoms with Crippen LogP contribution in [0.4, 0.5) is 5.69 Å². The van der Waals surface area contributed by atoms with Gasteiger partial charge in [0, 0.05) is 18.7 Å². The van der Waals surface area contributed by atoms with Gasteiger partial charge in [0.25, 0.3) is 0 Å². The number of rotatable bonds is 5. The summed E-state index contributed by atoms with van der Waals surface area (Å²) in [6, 6.07) is 6.14. The fourth-order valence-corrected chi connectivity index (χ4v) is 3.65. The normalized spacial score (nSPS) is 16.6. The minimum Gasteiger partial charge on any atom is -0.399 e. The number of aromatic nitrogens is 2. The second-order valence-electron chi connectivity index (χ2n) is 6.47. The highest BCUT2D eigenvalue weighted by Gasteiger charge is 2.16. The Morgan fingerprint density at radius 3 is 2.81 bits per heavy atom. The molecule has 1 saturated carbocycles. The largest absolute Gasteiger partial charge is 0.399 e. The topological polar surface area (TPSA) is 43.8 Å². The zero-order valence-corrected chi connectivity index (χ0v) is 13.1. The van der Waals surface area contributed by atoms with E-state index in [1.165, 1.54) is 49.9 Å². The molecule has 3 heteroatoms. The Bertz CT molecular complexity index is 594. The standard InChI is InChI=1S/C18H27N3/c1-2-6-18-20-16-13-15(19)9-10-17(16)21(18)12-11-14-7-4-3-5-8-14/h9-10,13-14H,2-8,11-12,19H2,1H3. The fraction of sp³-hybridized carbons (Fsp3) is 0.611. The summed E-state index contributed by atoms with van der Waals surface area (Å²) in [7, 11) is 0. The van der Waals surface area contributed by atoms with Crippen molar-refractivity contribution in [2.75, 3.05) is 5.73 Å². The van der Waals surface area contributed by atoms with Crippen LogP contribution in [0.5, 0.6) is 0 Å². The van der Waals surface area contributed by atoms with E-state index in [1.807, 2.05) is 12.1 Å². The van der Waals surface area contributed by atoms with E-state index in [2.05, 4.69) is 17.6 Å². The summed E-state index contributed by atoms with van der Waals surface area (Å²) < 4.78 is 2.44. The molecule has 0 spiro atoms. The molecule has 114 valence electrons. The lowest BCUT2D eigenvalue weighted by Gasteiger charge is -2.22. The molecular weight excluding hydrogens is 258 g/mol. The van der Waals surface area contributed by atoms with Crippen molar-refractivity contribution in [3.8, 4) is 0 Å². The third-order valence-corrected chi connectivity index (χ3v) is 4.81. The molecule has 1 aliphatic rings. The first-order chi connectivity index (χ1) is 10.3. The number of hydrogen-bond acceptors (Lipinski definition) is 2. The van der Waals surface area contributed by atoms with Gasteiger partial charge in [-0.05, 0) is 37.0 Å². The van der Waals surface area contributed by atoms with Crippen molar-refractivity contribution in [3.63, 3.8) is 0 Å². The average molecular weight is 285 g/mol. The lowest BCUT2D eigenvalue weighted by molar-refractivity contribution is 0.324. The van der Waals surface area contributed by atoms with Crippen molar-refractivity contribution >= 4 is 16.7 Å². The molecule has 2 aromatic rings. The lowest BCUT2D eigenvalue weighted by Crippen LogP contribution is -2.11. The summed E-state index contributed by atoms with van der Waals surface area (Å²) in [4.78, 5) is 4.81. The van der Waals surface area contributed by atoms with E-state index in [-0.39, 0.29) is 0 Å². The molecule has 0 bridgehead atoms. The predicted molar refractivity (Wildman–Crippen MR) is 89.3 cm³/mol. The summed E-state index contributed by atoms with van der Waals surface area (Å²) in [6.45, 7) is 3.33. The number of nitrogens with two attached hydrogens (primary N) is 1. The predicted octanol–water partition coefficient (Wildman–Crippen LogP) is 4.54.